The third kappa shape index (κ3) is 4.97. The number of carboxylic acids is 1. The lowest BCUT2D eigenvalue weighted by molar-refractivity contribution is 0.0696. The fourth-order valence-corrected chi connectivity index (χ4v) is 3.20. The number of ether oxygens (including phenoxy) is 1. The molecule has 0 amide bonds. The molecule has 1 rings (SSSR count). The molecule has 3 N–H and O–H groups in total. The topological polar surface area (TPSA) is 105 Å². The lowest BCUT2D eigenvalue weighted by Gasteiger charge is -2.18. The van der Waals surface area contributed by atoms with Crippen molar-refractivity contribution in [1.29, 1.82) is 0 Å². The van der Waals surface area contributed by atoms with Crippen LogP contribution in [0, 0.1) is 0 Å². The van der Waals surface area contributed by atoms with E-state index in [0.29, 0.717) is 18.7 Å². The largest absolute Gasteiger partial charge is 0.478 e. The van der Waals surface area contributed by atoms with Crippen LogP contribution < -0.4 is 10.0 Å². The van der Waals surface area contributed by atoms with Crippen LogP contribution in [0.4, 0.5) is 5.69 Å². The SMILES string of the molecule is CCCNS(=O)(=O)c1cc(C(=O)O)ccc1N[C@H](C)COC. The van der Waals surface area contributed by atoms with Gasteiger partial charge >= 0.3 is 5.97 Å². The van der Waals surface area contributed by atoms with Crippen LogP contribution in [0.1, 0.15) is 30.6 Å². The van der Waals surface area contributed by atoms with E-state index in [4.69, 9.17) is 9.84 Å². The van der Waals surface area contributed by atoms with E-state index >= 15 is 0 Å². The Labute approximate surface area is 130 Å². The lowest BCUT2D eigenvalue weighted by Crippen LogP contribution is -2.27. The molecule has 0 bridgehead atoms. The predicted octanol–water partition coefficient (Wildman–Crippen LogP) is 1.52. The van der Waals surface area contributed by atoms with Gasteiger partial charge in [-0.2, -0.15) is 0 Å². The van der Waals surface area contributed by atoms with E-state index in [2.05, 4.69) is 10.0 Å². The van der Waals surface area contributed by atoms with Gasteiger partial charge in [0.1, 0.15) is 4.90 Å². The van der Waals surface area contributed by atoms with Crippen LogP contribution in [0.5, 0.6) is 0 Å². The second-order valence-corrected chi connectivity index (χ2v) is 6.65. The van der Waals surface area contributed by atoms with Gasteiger partial charge in [-0.15, -0.1) is 0 Å². The summed E-state index contributed by atoms with van der Waals surface area (Å²) in [5, 5.41) is 12.1. The van der Waals surface area contributed by atoms with Crippen molar-refractivity contribution in [2.45, 2.75) is 31.2 Å². The maximum atomic E-state index is 12.4. The molecule has 1 aromatic carbocycles. The maximum absolute atomic E-state index is 12.4. The second-order valence-electron chi connectivity index (χ2n) is 4.91. The number of methoxy groups -OCH3 is 1. The van der Waals surface area contributed by atoms with Crippen molar-refractivity contribution in [2.75, 3.05) is 25.6 Å². The lowest BCUT2D eigenvalue weighted by atomic mass is 10.2. The van der Waals surface area contributed by atoms with E-state index in [1.165, 1.54) is 12.1 Å². The highest BCUT2D eigenvalue weighted by Crippen LogP contribution is 2.23. The number of hydrogen-bond donors (Lipinski definition) is 3. The van der Waals surface area contributed by atoms with E-state index in [9.17, 15) is 13.2 Å². The van der Waals surface area contributed by atoms with E-state index < -0.39 is 16.0 Å². The number of carbonyl (C=O) groups is 1. The van der Waals surface area contributed by atoms with E-state index in [1.54, 1.807) is 7.11 Å². The zero-order chi connectivity index (χ0) is 16.8. The Bertz CT molecular complexity index is 616. The van der Waals surface area contributed by atoms with Crippen LogP contribution in [-0.4, -0.2) is 45.8 Å². The molecule has 0 saturated heterocycles. The smallest absolute Gasteiger partial charge is 0.335 e. The Hall–Kier alpha value is -1.64. The highest BCUT2D eigenvalue weighted by molar-refractivity contribution is 7.89. The molecule has 22 heavy (non-hydrogen) atoms. The number of benzene rings is 1. The average molecular weight is 330 g/mol. The van der Waals surface area contributed by atoms with Gasteiger partial charge in [0.25, 0.3) is 0 Å². The van der Waals surface area contributed by atoms with Crippen molar-refractivity contribution in [3.05, 3.63) is 23.8 Å². The number of anilines is 1. The molecule has 0 aromatic heterocycles. The highest BCUT2D eigenvalue weighted by Gasteiger charge is 2.21. The minimum atomic E-state index is -3.79. The van der Waals surface area contributed by atoms with Gasteiger partial charge in [0.2, 0.25) is 10.0 Å². The third-order valence-electron chi connectivity index (χ3n) is 2.88. The van der Waals surface area contributed by atoms with E-state index in [-0.39, 0.29) is 23.0 Å². The average Bonchev–Trinajstić information content (AvgIpc) is 2.45. The first kappa shape index (κ1) is 18.4. The first-order valence-electron chi connectivity index (χ1n) is 6.94. The Morgan fingerprint density at radius 1 is 1.41 bits per heavy atom. The first-order chi connectivity index (χ1) is 10.3. The Kier molecular flexibility index (Phi) is 6.79. The third-order valence-corrected chi connectivity index (χ3v) is 4.38. The van der Waals surface area contributed by atoms with Crippen molar-refractivity contribution >= 4 is 21.7 Å². The molecule has 0 radical (unpaired) electrons. The molecule has 0 spiro atoms. The quantitative estimate of drug-likeness (QED) is 0.634. The van der Waals surface area contributed by atoms with Crippen LogP contribution in [-0.2, 0) is 14.8 Å². The summed E-state index contributed by atoms with van der Waals surface area (Å²) in [6.07, 6.45) is 0.640. The van der Waals surface area contributed by atoms with Crippen LogP contribution in [0.25, 0.3) is 0 Å². The molecule has 124 valence electrons. The van der Waals surface area contributed by atoms with Crippen LogP contribution in [0.3, 0.4) is 0 Å². The normalized spacial score (nSPS) is 12.9. The van der Waals surface area contributed by atoms with Gasteiger partial charge < -0.3 is 15.2 Å². The number of rotatable bonds is 9. The minimum Gasteiger partial charge on any atom is -0.478 e. The van der Waals surface area contributed by atoms with Gasteiger partial charge in [-0.25, -0.2) is 17.9 Å². The molecular formula is C14H22N2O5S. The van der Waals surface area contributed by atoms with Gasteiger partial charge in [0, 0.05) is 19.7 Å². The van der Waals surface area contributed by atoms with Crippen LogP contribution in [0.15, 0.2) is 23.1 Å². The van der Waals surface area contributed by atoms with E-state index in [1.807, 2.05) is 13.8 Å². The number of sulfonamides is 1. The molecule has 8 heteroatoms. The summed E-state index contributed by atoms with van der Waals surface area (Å²) in [6.45, 7) is 4.36. The van der Waals surface area contributed by atoms with Gasteiger partial charge in [0.15, 0.2) is 0 Å². The van der Waals surface area contributed by atoms with E-state index in [0.717, 1.165) is 6.07 Å². The molecule has 0 fully saturated rings. The molecule has 0 unspecified atom stereocenters. The molecule has 0 saturated carbocycles. The second kappa shape index (κ2) is 8.11. The summed E-state index contributed by atoms with van der Waals surface area (Å²) < 4.78 is 32.2. The molecule has 0 aliphatic rings. The van der Waals surface area contributed by atoms with Crippen molar-refractivity contribution < 1.29 is 23.1 Å². The Balaban J connectivity index is 3.23. The van der Waals surface area contributed by atoms with Gasteiger partial charge in [-0.3, -0.25) is 0 Å². The summed E-state index contributed by atoms with van der Waals surface area (Å²) in [5.74, 6) is -1.18. The minimum absolute atomic E-state index is 0.0798. The monoisotopic (exact) mass is 330 g/mol. The van der Waals surface area contributed by atoms with Crippen LogP contribution in [0.2, 0.25) is 0 Å². The highest BCUT2D eigenvalue weighted by atomic mass is 32.2. The van der Waals surface area contributed by atoms with Crippen molar-refractivity contribution in [1.82, 2.24) is 4.72 Å². The number of carboxylic acid groups (broad SMARTS) is 1. The predicted molar refractivity (Wildman–Crippen MR) is 83.8 cm³/mol. The van der Waals surface area contributed by atoms with Crippen LogP contribution >= 0.6 is 0 Å². The number of aromatic carboxylic acids is 1. The zero-order valence-corrected chi connectivity index (χ0v) is 13.7. The molecule has 1 aromatic rings. The first-order valence-corrected chi connectivity index (χ1v) is 8.42. The molecule has 0 aliphatic heterocycles. The van der Waals surface area contributed by atoms with Crippen molar-refractivity contribution in [3.63, 3.8) is 0 Å². The maximum Gasteiger partial charge on any atom is 0.335 e. The molecular weight excluding hydrogens is 308 g/mol. The van der Waals surface area contributed by atoms with Gasteiger partial charge in [-0.05, 0) is 31.5 Å². The Morgan fingerprint density at radius 2 is 2.09 bits per heavy atom. The van der Waals surface area contributed by atoms with Crippen molar-refractivity contribution in [3.8, 4) is 0 Å². The summed E-state index contributed by atoms with van der Waals surface area (Å²) in [6, 6.07) is 3.85. The van der Waals surface area contributed by atoms with Crippen molar-refractivity contribution in [2.24, 2.45) is 0 Å². The zero-order valence-electron chi connectivity index (χ0n) is 12.9. The fraction of sp³-hybridized carbons (Fsp3) is 0.500. The molecule has 0 heterocycles. The summed E-state index contributed by atoms with van der Waals surface area (Å²) in [7, 11) is -2.24. The summed E-state index contributed by atoms with van der Waals surface area (Å²) in [5.41, 5.74) is 0.264. The van der Waals surface area contributed by atoms with Gasteiger partial charge in [-0.1, -0.05) is 6.92 Å². The summed E-state index contributed by atoms with van der Waals surface area (Å²) in [4.78, 5) is 11.0. The molecule has 1 atom stereocenters. The summed E-state index contributed by atoms with van der Waals surface area (Å²) >= 11 is 0. The Morgan fingerprint density at radius 3 is 2.64 bits per heavy atom. The molecule has 7 nitrogen and oxygen atoms in total. The standard InChI is InChI=1S/C14H22N2O5S/c1-4-7-15-22(19,20)13-8-11(14(17)18)5-6-12(13)16-10(2)9-21-3/h5-6,8,10,15-16H,4,7,9H2,1-3H3,(H,17,18)/t10-/m1/s1. The number of hydrogen-bond acceptors (Lipinski definition) is 5. The molecule has 0 aliphatic carbocycles. The fourth-order valence-electron chi connectivity index (χ4n) is 1.87. The van der Waals surface area contributed by atoms with Gasteiger partial charge in [0.05, 0.1) is 17.9 Å². The number of nitrogens with one attached hydrogen (secondary N) is 2.